The van der Waals surface area contributed by atoms with E-state index in [-0.39, 0.29) is 11.8 Å². The van der Waals surface area contributed by atoms with Crippen LogP contribution in [0.1, 0.15) is 19.4 Å². The number of imide groups is 1. The quantitative estimate of drug-likeness (QED) is 0.476. The molecule has 0 spiro atoms. The first-order valence-electron chi connectivity index (χ1n) is 7.62. The third-order valence-electron chi connectivity index (χ3n) is 3.35. The van der Waals surface area contributed by atoms with Crippen LogP contribution in [0.5, 0.6) is 11.5 Å². The molecule has 0 radical (unpaired) electrons. The van der Waals surface area contributed by atoms with Crippen molar-refractivity contribution in [1.29, 1.82) is 0 Å². The van der Waals surface area contributed by atoms with Gasteiger partial charge < -0.3 is 19.5 Å². The lowest BCUT2D eigenvalue weighted by Crippen LogP contribution is -2.36. The number of benzene rings is 1. The molecule has 0 saturated carbocycles. The van der Waals surface area contributed by atoms with Gasteiger partial charge in [0.25, 0.3) is 5.91 Å². The van der Waals surface area contributed by atoms with Crippen molar-refractivity contribution >= 4 is 24.0 Å². The normalized spacial score (nSPS) is 15.6. The zero-order chi connectivity index (χ0) is 18.6. The smallest absolute Gasteiger partial charge is 0.329 e. The molecule has 1 aliphatic heterocycles. The molecule has 0 atom stereocenters. The maximum atomic E-state index is 12.3. The summed E-state index contributed by atoms with van der Waals surface area (Å²) in [4.78, 5) is 36.3. The van der Waals surface area contributed by atoms with Crippen molar-refractivity contribution in [2.45, 2.75) is 20.0 Å². The minimum Gasteiger partial charge on any atom is -0.492 e. The van der Waals surface area contributed by atoms with Gasteiger partial charge in [-0.2, -0.15) is 0 Å². The first kappa shape index (κ1) is 18.3. The Bertz CT molecular complexity index is 726. The molecule has 3 amide bonds. The molecular formula is C17H20N2O6. The predicted octanol–water partition coefficient (Wildman–Crippen LogP) is 1.55. The summed E-state index contributed by atoms with van der Waals surface area (Å²) in [5.74, 6) is -0.338. The molecule has 1 fully saturated rings. The van der Waals surface area contributed by atoms with Crippen molar-refractivity contribution in [2.24, 2.45) is 0 Å². The number of carbonyl (C=O) groups is 3. The summed E-state index contributed by atoms with van der Waals surface area (Å²) >= 11 is 0. The van der Waals surface area contributed by atoms with Crippen LogP contribution in [-0.2, 0) is 14.3 Å². The Morgan fingerprint density at radius 1 is 1.28 bits per heavy atom. The van der Waals surface area contributed by atoms with E-state index in [1.807, 2.05) is 13.8 Å². The van der Waals surface area contributed by atoms with Gasteiger partial charge in [-0.1, -0.05) is 12.1 Å². The van der Waals surface area contributed by atoms with E-state index in [2.05, 4.69) is 10.1 Å². The van der Waals surface area contributed by atoms with Gasteiger partial charge in [-0.15, -0.1) is 0 Å². The summed E-state index contributed by atoms with van der Waals surface area (Å²) in [5, 5.41) is 2.44. The summed E-state index contributed by atoms with van der Waals surface area (Å²) in [6.07, 6.45) is 1.42. The van der Waals surface area contributed by atoms with Gasteiger partial charge >= 0.3 is 12.0 Å². The maximum Gasteiger partial charge on any atom is 0.329 e. The van der Waals surface area contributed by atoms with Gasteiger partial charge in [0.05, 0.1) is 20.3 Å². The fourth-order valence-corrected chi connectivity index (χ4v) is 2.28. The van der Waals surface area contributed by atoms with Crippen molar-refractivity contribution in [1.82, 2.24) is 10.2 Å². The number of carbonyl (C=O) groups excluding carboxylic acids is 3. The molecular weight excluding hydrogens is 328 g/mol. The number of para-hydroxylation sites is 1. The molecule has 0 unspecified atom stereocenters. The van der Waals surface area contributed by atoms with Crippen LogP contribution >= 0.6 is 0 Å². The molecule has 25 heavy (non-hydrogen) atoms. The van der Waals surface area contributed by atoms with E-state index in [0.717, 1.165) is 4.90 Å². The fraction of sp³-hybridized carbons (Fsp3) is 0.353. The number of hydrogen-bond donors (Lipinski definition) is 1. The Hall–Kier alpha value is -3.03. The van der Waals surface area contributed by atoms with Crippen LogP contribution in [0.15, 0.2) is 23.9 Å². The van der Waals surface area contributed by atoms with Crippen molar-refractivity contribution in [3.63, 3.8) is 0 Å². The Balaban J connectivity index is 2.33. The van der Waals surface area contributed by atoms with Gasteiger partial charge in [0, 0.05) is 5.56 Å². The van der Waals surface area contributed by atoms with E-state index in [9.17, 15) is 14.4 Å². The lowest BCUT2D eigenvalue weighted by Gasteiger charge is -2.15. The zero-order valence-corrected chi connectivity index (χ0v) is 14.5. The van der Waals surface area contributed by atoms with Crippen LogP contribution in [-0.4, -0.2) is 49.7 Å². The molecule has 0 bridgehead atoms. The minimum atomic E-state index is -0.685. The number of hydrogen-bond acceptors (Lipinski definition) is 6. The number of methoxy groups -OCH3 is 2. The van der Waals surface area contributed by atoms with Gasteiger partial charge in [-0.3, -0.25) is 9.59 Å². The summed E-state index contributed by atoms with van der Waals surface area (Å²) in [6.45, 7) is 3.32. The van der Waals surface area contributed by atoms with Crippen LogP contribution in [0.25, 0.3) is 6.08 Å². The third kappa shape index (κ3) is 4.09. The van der Waals surface area contributed by atoms with E-state index >= 15 is 0 Å². The van der Waals surface area contributed by atoms with Crippen molar-refractivity contribution in [3.05, 3.63) is 29.5 Å². The second-order valence-corrected chi connectivity index (χ2v) is 5.50. The summed E-state index contributed by atoms with van der Waals surface area (Å²) in [5.41, 5.74) is 0.595. The largest absolute Gasteiger partial charge is 0.492 e. The van der Waals surface area contributed by atoms with Crippen molar-refractivity contribution in [3.8, 4) is 11.5 Å². The van der Waals surface area contributed by atoms with Crippen LogP contribution < -0.4 is 14.8 Å². The summed E-state index contributed by atoms with van der Waals surface area (Å²) in [6, 6.07) is 4.54. The van der Waals surface area contributed by atoms with Crippen LogP contribution in [0, 0.1) is 0 Å². The Morgan fingerprint density at radius 3 is 2.60 bits per heavy atom. The molecule has 1 aromatic carbocycles. The topological polar surface area (TPSA) is 94.2 Å². The van der Waals surface area contributed by atoms with Crippen LogP contribution in [0.4, 0.5) is 4.79 Å². The highest BCUT2D eigenvalue weighted by atomic mass is 16.5. The molecule has 1 aromatic rings. The Morgan fingerprint density at radius 2 is 2.00 bits per heavy atom. The monoisotopic (exact) mass is 348 g/mol. The number of nitrogens with one attached hydrogen (secondary N) is 1. The number of nitrogens with zero attached hydrogens (tertiary/aromatic N) is 1. The maximum absolute atomic E-state index is 12.3. The highest BCUT2D eigenvalue weighted by molar-refractivity contribution is 6.15. The second-order valence-electron chi connectivity index (χ2n) is 5.50. The molecule has 2 rings (SSSR count). The Kier molecular flexibility index (Phi) is 5.63. The number of ether oxygens (including phenoxy) is 3. The van der Waals surface area contributed by atoms with Gasteiger partial charge in [0.15, 0.2) is 11.5 Å². The van der Waals surface area contributed by atoms with Gasteiger partial charge in [-0.25, -0.2) is 9.69 Å². The van der Waals surface area contributed by atoms with Crippen molar-refractivity contribution in [2.75, 3.05) is 20.8 Å². The molecule has 1 saturated heterocycles. The first-order valence-corrected chi connectivity index (χ1v) is 7.62. The van der Waals surface area contributed by atoms with E-state index < -0.39 is 24.5 Å². The average Bonchev–Trinajstić information content (AvgIpc) is 2.82. The number of amides is 3. The highest BCUT2D eigenvalue weighted by Crippen LogP contribution is 2.33. The Labute approximate surface area is 145 Å². The molecule has 0 aliphatic carbocycles. The van der Waals surface area contributed by atoms with Crippen molar-refractivity contribution < 1.29 is 28.6 Å². The van der Waals surface area contributed by atoms with E-state index in [4.69, 9.17) is 9.47 Å². The van der Waals surface area contributed by atoms with Gasteiger partial charge in [-0.05, 0) is 26.0 Å². The average molecular weight is 348 g/mol. The number of rotatable bonds is 6. The summed E-state index contributed by atoms with van der Waals surface area (Å²) in [7, 11) is 2.67. The molecule has 134 valence electrons. The molecule has 1 aliphatic rings. The first-order chi connectivity index (χ1) is 11.9. The van der Waals surface area contributed by atoms with E-state index in [1.165, 1.54) is 20.3 Å². The molecule has 1 heterocycles. The lowest BCUT2D eigenvalue weighted by atomic mass is 10.1. The van der Waals surface area contributed by atoms with Gasteiger partial charge in [0.2, 0.25) is 0 Å². The predicted molar refractivity (Wildman–Crippen MR) is 89.0 cm³/mol. The molecule has 1 N–H and O–H groups in total. The number of urea groups is 1. The SMILES string of the molecule is COC(=O)CN1C(=O)N/C(=C/c2cccc(OC(C)C)c2OC)C1=O. The van der Waals surface area contributed by atoms with Crippen LogP contribution in [0.3, 0.4) is 0 Å². The fourth-order valence-electron chi connectivity index (χ4n) is 2.28. The van der Waals surface area contributed by atoms with E-state index in [1.54, 1.807) is 18.2 Å². The van der Waals surface area contributed by atoms with Crippen LogP contribution in [0.2, 0.25) is 0 Å². The molecule has 8 heteroatoms. The lowest BCUT2D eigenvalue weighted by molar-refractivity contribution is -0.143. The second kappa shape index (κ2) is 7.69. The molecule has 8 nitrogen and oxygen atoms in total. The minimum absolute atomic E-state index is 0.0360. The van der Waals surface area contributed by atoms with E-state index in [0.29, 0.717) is 17.1 Å². The third-order valence-corrected chi connectivity index (χ3v) is 3.35. The van der Waals surface area contributed by atoms with Gasteiger partial charge in [0.1, 0.15) is 12.2 Å². The molecule has 0 aromatic heterocycles. The summed E-state index contributed by atoms with van der Waals surface area (Å²) < 4.78 is 15.5. The zero-order valence-electron chi connectivity index (χ0n) is 14.5. The highest BCUT2D eigenvalue weighted by Gasteiger charge is 2.35. The standard InChI is InChI=1S/C17H20N2O6/c1-10(2)25-13-7-5-6-11(15(13)24-4)8-12-16(21)19(17(22)18-12)9-14(20)23-3/h5-8,10H,9H2,1-4H3,(H,18,22)/b12-8+. The number of esters is 1.